The summed E-state index contributed by atoms with van der Waals surface area (Å²) in [6, 6.07) is 0.579. The average Bonchev–Trinajstić information content (AvgIpc) is 2.70. The predicted octanol–water partition coefficient (Wildman–Crippen LogP) is 1.94. The summed E-state index contributed by atoms with van der Waals surface area (Å²) in [4.78, 5) is 0. The van der Waals surface area contributed by atoms with Crippen molar-refractivity contribution in [2.45, 2.75) is 51.7 Å². The zero-order chi connectivity index (χ0) is 9.03. The van der Waals surface area contributed by atoms with Gasteiger partial charge >= 0.3 is 0 Å². The second kappa shape index (κ2) is 4.24. The van der Waals surface area contributed by atoms with Crippen LogP contribution in [0.4, 0.5) is 0 Å². The van der Waals surface area contributed by atoms with Crippen molar-refractivity contribution in [1.29, 1.82) is 0 Å². The molecule has 2 unspecified atom stereocenters. The van der Waals surface area contributed by atoms with E-state index in [1.165, 1.54) is 19.3 Å². The maximum atomic E-state index is 5.75. The standard InChI is InChI=1S/C8H15NO.C2H6/c1-7-8(4-5-9-7)3-2-6-10-8;1-2/h7,9H,2-6H2,1H3;1-2H3. The summed E-state index contributed by atoms with van der Waals surface area (Å²) in [6.07, 6.45) is 3.74. The van der Waals surface area contributed by atoms with E-state index in [4.69, 9.17) is 4.74 Å². The molecule has 2 fully saturated rings. The van der Waals surface area contributed by atoms with Crippen molar-refractivity contribution in [3.8, 4) is 0 Å². The molecule has 0 aromatic carbocycles. The molecule has 1 spiro atoms. The van der Waals surface area contributed by atoms with Gasteiger partial charge in [0.2, 0.25) is 0 Å². The van der Waals surface area contributed by atoms with E-state index in [0.717, 1.165) is 13.2 Å². The maximum absolute atomic E-state index is 5.75. The number of ether oxygens (including phenoxy) is 1. The SMILES string of the molecule is CC.CC1NCCC12CCCO2. The van der Waals surface area contributed by atoms with Gasteiger partial charge in [-0.1, -0.05) is 13.8 Å². The van der Waals surface area contributed by atoms with Crippen LogP contribution < -0.4 is 5.32 Å². The van der Waals surface area contributed by atoms with Gasteiger partial charge in [-0.3, -0.25) is 0 Å². The minimum absolute atomic E-state index is 0.236. The van der Waals surface area contributed by atoms with Crippen molar-refractivity contribution in [2.75, 3.05) is 13.2 Å². The van der Waals surface area contributed by atoms with Crippen LogP contribution >= 0.6 is 0 Å². The van der Waals surface area contributed by atoms with E-state index in [0.29, 0.717) is 6.04 Å². The molecule has 0 bridgehead atoms. The van der Waals surface area contributed by atoms with Crippen LogP contribution in [0.25, 0.3) is 0 Å². The minimum Gasteiger partial charge on any atom is -0.373 e. The predicted molar refractivity (Wildman–Crippen MR) is 51.3 cm³/mol. The summed E-state index contributed by atoms with van der Waals surface area (Å²) in [5.74, 6) is 0. The van der Waals surface area contributed by atoms with Crippen molar-refractivity contribution in [3.63, 3.8) is 0 Å². The third-order valence-electron chi connectivity index (χ3n) is 2.92. The lowest BCUT2D eigenvalue weighted by molar-refractivity contribution is -0.00101. The molecule has 2 rings (SSSR count). The van der Waals surface area contributed by atoms with Crippen LogP contribution in [0.15, 0.2) is 0 Å². The van der Waals surface area contributed by atoms with E-state index < -0.39 is 0 Å². The van der Waals surface area contributed by atoms with Gasteiger partial charge in [0, 0.05) is 12.6 Å². The topological polar surface area (TPSA) is 21.3 Å². The Balaban J connectivity index is 0.000000336. The molecule has 0 amide bonds. The zero-order valence-electron chi connectivity index (χ0n) is 8.52. The molecule has 2 saturated heterocycles. The van der Waals surface area contributed by atoms with Crippen molar-refractivity contribution in [1.82, 2.24) is 5.32 Å². The Hall–Kier alpha value is -0.0800. The fourth-order valence-corrected chi connectivity index (χ4v) is 2.16. The molecule has 2 aliphatic rings. The molecule has 2 nitrogen and oxygen atoms in total. The van der Waals surface area contributed by atoms with Gasteiger partial charge in [-0.25, -0.2) is 0 Å². The van der Waals surface area contributed by atoms with Crippen LogP contribution in [-0.4, -0.2) is 24.8 Å². The molecule has 12 heavy (non-hydrogen) atoms. The quantitative estimate of drug-likeness (QED) is 0.601. The average molecular weight is 171 g/mol. The third kappa shape index (κ3) is 1.64. The molecule has 0 aliphatic carbocycles. The van der Waals surface area contributed by atoms with E-state index in [1.54, 1.807) is 0 Å². The van der Waals surface area contributed by atoms with Crippen LogP contribution in [0.2, 0.25) is 0 Å². The summed E-state index contributed by atoms with van der Waals surface area (Å²) in [7, 11) is 0. The normalized spacial score (nSPS) is 39.8. The lowest BCUT2D eigenvalue weighted by atomic mass is 9.93. The molecule has 0 aromatic heterocycles. The van der Waals surface area contributed by atoms with Gasteiger partial charge in [0.05, 0.1) is 5.60 Å². The first-order valence-corrected chi connectivity index (χ1v) is 5.21. The molecule has 2 atom stereocenters. The number of hydrogen-bond donors (Lipinski definition) is 1. The highest BCUT2D eigenvalue weighted by molar-refractivity contribution is 4.99. The summed E-state index contributed by atoms with van der Waals surface area (Å²) in [5.41, 5.74) is 0.236. The van der Waals surface area contributed by atoms with Gasteiger partial charge in [0.15, 0.2) is 0 Å². The number of nitrogens with one attached hydrogen (secondary N) is 1. The van der Waals surface area contributed by atoms with Crippen LogP contribution in [0.1, 0.15) is 40.0 Å². The van der Waals surface area contributed by atoms with Crippen LogP contribution in [-0.2, 0) is 4.74 Å². The highest BCUT2D eigenvalue weighted by Crippen LogP contribution is 2.35. The molecular weight excluding hydrogens is 150 g/mol. The van der Waals surface area contributed by atoms with Crippen molar-refractivity contribution >= 4 is 0 Å². The van der Waals surface area contributed by atoms with Gasteiger partial charge in [0.1, 0.15) is 0 Å². The van der Waals surface area contributed by atoms with E-state index in [9.17, 15) is 0 Å². The summed E-state index contributed by atoms with van der Waals surface area (Å²) < 4.78 is 5.75. The van der Waals surface area contributed by atoms with Crippen molar-refractivity contribution in [2.24, 2.45) is 0 Å². The first-order valence-electron chi connectivity index (χ1n) is 5.21. The fourth-order valence-electron chi connectivity index (χ4n) is 2.16. The Morgan fingerprint density at radius 1 is 1.33 bits per heavy atom. The fraction of sp³-hybridized carbons (Fsp3) is 1.00. The maximum Gasteiger partial charge on any atom is 0.0844 e. The van der Waals surface area contributed by atoms with Gasteiger partial charge < -0.3 is 10.1 Å². The third-order valence-corrected chi connectivity index (χ3v) is 2.92. The second-order valence-electron chi connectivity index (χ2n) is 3.44. The van der Waals surface area contributed by atoms with Gasteiger partial charge in [-0.2, -0.15) is 0 Å². The van der Waals surface area contributed by atoms with Gasteiger partial charge in [0.25, 0.3) is 0 Å². The molecule has 0 saturated carbocycles. The lowest BCUT2D eigenvalue weighted by Gasteiger charge is -2.26. The van der Waals surface area contributed by atoms with Crippen molar-refractivity contribution in [3.05, 3.63) is 0 Å². The Morgan fingerprint density at radius 2 is 2.08 bits per heavy atom. The smallest absolute Gasteiger partial charge is 0.0844 e. The van der Waals surface area contributed by atoms with E-state index in [2.05, 4.69) is 12.2 Å². The monoisotopic (exact) mass is 171 g/mol. The molecule has 2 heteroatoms. The number of rotatable bonds is 0. The van der Waals surface area contributed by atoms with Crippen molar-refractivity contribution < 1.29 is 4.74 Å². The Kier molecular flexibility index (Phi) is 3.53. The second-order valence-corrected chi connectivity index (χ2v) is 3.44. The summed E-state index contributed by atoms with van der Waals surface area (Å²) >= 11 is 0. The van der Waals surface area contributed by atoms with Crippen LogP contribution in [0.3, 0.4) is 0 Å². The Morgan fingerprint density at radius 3 is 2.50 bits per heavy atom. The summed E-state index contributed by atoms with van der Waals surface area (Å²) in [6.45, 7) is 8.35. The highest BCUT2D eigenvalue weighted by Gasteiger charge is 2.43. The van der Waals surface area contributed by atoms with Gasteiger partial charge in [-0.15, -0.1) is 0 Å². The van der Waals surface area contributed by atoms with E-state index in [-0.39, 0.29) is 5.60 Å². The molecule has 2 heterocycles. The first-order chi connectivity index (χ1) is 5.83. The van der Waals surface area contributed by atoms with Crippen LogP contribution in [0.5, 0.6) is 0 Å². The Bertz CT molecular complexity index is 124. The molecular formula is C10H21NO. The first kappa shape index (κ1) is 10.0. The lowest BCUT2D eigenvalue weighted by Crippen LogP contribution is -2.39. The molecule has 72 valence electrons. The van der Waals surface area contributed by atoms with Crippen LogP contribution in [0, 0.1) is 0 Å². The zero-order valence-corrected chi connectivity index (χ0v) is 8.52. The Labute approximate surface area is 75.7 Å². The van der Waals surface area contributed by atoms with E-state index >= 15 is 0 Å². The minimum atomic E-state index is 0.236. The highest BCUT2D eigenvalue weighted by atomic mass is 16.5. The molecule has 2 aliphatic heterocycles. The van der Waals surface area contributed by atoms with E-state index in [1.807, 2.05) is 13.8 Å². The molecule has 0 aromatic rings. The number of hydrogen-bond acceptors (Lipinski definition) is 2. The molecule has 1 N–H and O–H groups in total. The summed E-state index contributed by atoms with van der Waals surface area (Å²) in [5, 5.41) is 3.43. The van der Waals surface area contributed by atoms with Gasteiger partial charge in [-0.05, 0) is 32.7 Å². The molecule has 0 radical (unpaired) electrons. The largest absolute Gasteiger partial charge is 0.373 e.